The van der Waals surface area contributed by atoms with Gasteiger partial charge in [-0.15, -0.1) is 0 Å². The first-order valence-corrected chi connectivity index (χ1v) is 12.5. The molecule has 0 aromatic rings. The summed E-state index contributed by atoms with van der Waals surface area (Å²) < 4.78 is 0. The van der Waals surface area contributed by atoms with Gasteiger partial charge in [-0.25, -0.2) is 0 Å². The molecule has 5 amide bonds. The molecule has 36 heavy (non-hydrogen) atoms. The molecule has 0 aromatic heterocycles. The molecule has 0 radical (unpaired) electrons. The normalized spacial score (nSPS) is 16.6. The minimum Gasteiger partial charge on any atom is -0.370 e. The van der Waals surface area contributed by atoms with Crippen molar-refractivity contribution in [1.29, 1.82) is 0 Å². The van der Waals surface area contributed by atoms with E-state index in [4.69, 9.17) is 17.2 Å². The summed E-state index contributed by atoms with van der Waals surface area (Å²) >= 11 is 0. The Hall–Kier alpha value is -3.22. The molecule has 1 aliphatic rings. The molecule has 0 aliphatic carbocycles. The lowest BCUT2D eigenvalue weighted by molar-refractivity contribution is -0.151. The van der Waals surface area contributed by atoms with Crippen molar-refractivity contribution in [3.05, 3.63) is 0 Å². The van der Waals surface area contributed by atoms with Gasteiger partial charge in [0.2, 0.25) is 29.5 Å². The van der Waals surface area contributed by atoms with Gasteiger partial charge in [0.1, 0.15) is 18.1 Å². The van der Waals surface area contributed by atoms with Crippen molar-refractivity contribution in [3.8, 4) is 0 Å². The van der Waals surface area contributed by atoms with Crippen LogP contribution in [0.15, 0.2) is 4.99 Å². The molecule has 1 saturated heterocycles. The Morgan fingerprint density at radius 3 is 2.28 bits per heavy atom. The van der Waals surface area contributed by atoms with Crippen LogP contribution < -0.4 is 27.8 Å². The molecule has 1 fully saturated rings. The summed E-state index contributed by atoms with van der Waals surface area (Å²) in [5, 5.41) is 5.49. The molecule has 8 N–H and O–H groups in total. The highest BCUT2D eigenvalue weighted by Crippen LogP contribution is 2.20. The lowest BCUT2D eigenvalue weighted by Crippen LogP contribution is -2.57. The predicted octanol–water partition coefficient (Wildman–Crippen LogP) is -1.46. The van der Waals surface area contributed by atoms with Crippen LogP contribution in [0.3, 0.4) is 0 Å². The summed E-state index contributed by atoms with van der Waals surface area (Å²) in [6, 6.07) is -2.70. The van der Waals surface area contributed by atoms with E-state index in [1.54, 1.807) is 6.92 Å². The number of unbranched alkanes of at least 4 members (excludes halogenated alkanes) is 1. The first-order valence-electron chi connectivity index (χ1n) is 12.5. The summed E-state index contributed by atoms with van der Waals surface area (Å²) in [7, 11) is 0. The van der Waals surface area contributed by atoms with Crippen LogP contribution in [0.4, 0.5) is 0 Å². The van der Waals surface area contributed by atoms with Crippen molar-refractivity contribution in [2.75, 3.05) is 26.2 Å². The summed E-state index contributed by atoms with van der Waals surface area (Å²) in [5.74, 6) is -2.49. The monoisotopic (exact) mass is 510 g/mol. The Labute approximate surface area is 212 Å². The van der Waals surface area contributed by atoms with E-state index in [0.717, 1.165) is 4.90 Å². The third-order valence-electron chi connectivity index (χ3n) is 5.97. The zero-order chi connectivity index (χ0) is 27.3. The molecule has 13 nitrogen and oxygen atoms in total. The predicted molar refractivity (Wildman–Crippen MR) is 135 cm³/mol. The first-order chi connectivity index (χ1) is 17.0. The zero-order valence-corrected chi connectivity index (χ0v) is 21.6. The number of imide groups is 1. The number of nitrogens with zero attached hydrogens (tertiary/aromatic N) is 3. The van der Waals surface area contributed by atoms with Crippen LogP contribution in [0, 0.1) is 0 Å². The second-order valence-electron chi connectivity index (χ2n) is 8.80. The number of carbonyl (C=O) groups excluding carboxylic acids is 5. The summed E-state index contributed by atoms with van der Waals surface area (Å²) in [6.45, 7) is 5.69. The largest absolute Gasteiger partial charge is 0.370 e. The van der Waals surface area contributed by atoms with Gasteiger partial charge in [0.15, 0.2) is 5.96 Å². The topological polar surface area (TPSA) is 206 Å². The van der Waals surface area contributed by atoms with E-state index >= 15 is 0 Å². The van der Waals surface area contributed by atoms with Gasteiger partial charge >= 0.3 is 0 Å². The van der Waals surface area contributed by atoms with Gasteiger partial charge in [0.25, 0.3) is 0 Å². The van der Waals surface area contributed by atoms with Gasteiger partial charge < -0.3 is 32.7 Å². The van der Waals surface area contributed by atoms with Crippen LogP contribution in [0.2, 0.25) is 0 Å². The van der Waals surface area contributed by atoms with E-state index in [9.17, 15) is 24.0 Å². The van der Waals surface area contributed by atoms with Gasteiger partial charge in [-0.3, -0.25) is 33.9 Å². The number of carbonyl (C=O) groups is 5. The quantitative estimate of drug-likeness (QED) is 0.106. The third kappa shape index (κ3) is 9.44. The number of hydrogen-bond donors (Lipinski definition) is 5. The van der Waals surface area contributed by atoms with Crippen LogP contribution in [-0.2, 0) is 24.0 Å². The number of hydrogen-bond acceptors (Lipinski definition) is 7. The Bertz CT molecular complexity index is 800. The third-order valence-corrected chi connectivity index (χ3v) is 5.97. The van der Waals surface area contributed by atoms with Crippen molar-refractivity contribution in [3.63, 3.8) is 0 Å². The molecule has 1 heterocycles. The second-order valence-corrected chi connectivity index (χ2v) is 8.80. The molecule has 204 valence electrons. The molecular weight excluding hydrogens is 468 g/mol. The van der Waals surface area contributed by atoms with Gasteiger partial charge in [-0.05, 0) is 58.4 Å². The molecule has 0 aromatic carbocycles. The van der Waals surface area contributed by atoms with E-state index in [1.807, 2.05) is 0 Å². The number of likely N-dealkylation sites (N-methyl/N-ethyl adjacent to an activating group) is 1. The number of aliphatic imine (C=N–C) groups is 1. The van der Waals surface area contributed by atoms with E-state index < -0.39 is 41.8 Å². The Balaban J connectivity index is 3.17. The number of likely N-dealkylation sites (tertiary alicyclic amines) is 1. The van der Waals surface area contributed by atoms with Gasteiger partial charge in [0.05, 0.1) is 0 Å². The maximum absolute atomic E-state index is 13.5. The van der Waals surface area contributed by atoms with Crippen LogP contribution in [0.5, 0.6) is 0 Å². The highest BCUT2D eigenvalue weighted by atomic mass is 16.2. The smallest absolute Gasteiger partial charge is 0.245 e. The molecule has 3 atom stereocenters. The number of amides is 5. The maximum Gasteiger partial charge on any atom is 0.245 e. The highest BCUT2D eigenvalue weighted by molar-refractivity contribution is 6.00. The van der Waals surface area contributed by atoms with Crippen molar-refractivity contribution in [2.24, 2.45) is 22.2 Å². The fraction of sp³-hybridized carbons (Fsp3) is 0.739. The number of nitrogens with two attached hydrogens (primary N) is 3. The molecule has 1 rings (SSSR count). The van der Waals surface area contributed by atoms with Crippen LogP contribution in [0.1, 0.15) is 65.7 Å². The molecule has 1 aliphatic heterocycles. The van der Waals surface area contributed by atoms with Crippen molar-refractivity contribution >= 4 is 35.5 Å². The molecule has 0 unspecified atom stereocenters. The number of nitrogens with one attached hydrogen (secondary N) is 2. The SMILES string of the molecule is CCNC(=O)[C@@H]1CCCN1C(=O)[C@H](CCCN=C(N)N)NC(=O)[C@@H](CCCCN)N(C(C)=O)C(C)=O. The fourth-order valence-corrected chi connectivity index (χ4v) is 4.34. The molecule has 13 heteroatoms. The maximum atomic E-state index is 13.5. The Kier molecular flexibility index (Phi) is 13.4. The average molecular weight is 511 g/mol. The van der Waals surface area contributed by atoms with Gasteiger partial charge in [-0.2, -0.15) is 0 Å². The van der Waals surface area contributed by atoms with Crippen molar-refractivity contribution < 1.29 is 24.0 Å². The summed E-state index contributed by atoms with van der Waals surface area (Å²) in [5.41, 5.74) is 16.3. The zero-order valence-electron chi connectivity index (χ0n) is 21.6. The molecule has 0 saturated carbocycles. The van der Waals surface area contributed by atoms with E-state index in [-0.39, 0.29) is 31.3 Å². The van der Waals surface area contributed by atoms with Crippen molar-refractivity contribution in [1.82, 2.24) is 20.4 Å². The number of rotatable bonds is 14. The Morgan fingerprint density at radius 1 is 1.06 bits per heavy atom. The van der Waals surface area contributed by atoms with Crippen LogP contribution >= 0.6 is 0 Å². The summed E-state index contributed by atoms with van der Waals surface area (Å²) in [6.07, 6.45) is 3.10. The van der Waals surface area contributed by atoms with Gasteiger partial charge in [-0.1, -0.05) is 0 Å². The van der Waals surface area contributed by atoms with E-state index in [0.29, 0.717) is 51.7 Å². The minimum atomic E-state index is -1.09. The Morgan fingerprint density at radius 2 is 1.72 bits per heavy atom. The average Bonchev–Trinajstić information content (AvgIpc) is 3.29. The van der Waals surface area contributed by atoms with Crippen LogP contribution in [-0.4, -0.2) is 89.6 Å². The molecule has 0 bridgehead atoms. The van der Waals surface area contributed by atoms with Gasteiger partial charge in [0, 0.05) is 33.5 Å². The minimum absolute atomic E-state index is 0.0868. The molecular formula is C23H42N8O5. The standard InChI is InChI=1S/C23H42N8O5/c1-4-27-20(34)18-11-8-14-30(18)22(36)17(9-7-13-28-23(25)26)29-21(35)19(10-5-6-12-24)31(15(2)32)16(3)33/h17-19H,4-14,24H2,1-3H3,(H,27,34)(H,29,35)(H4,25,26,28)/t17-,18-,19+/m0/s1. The lowest BCUT2D eigenvalue weighted by Gasteiger charge is -2.32. The van der Waals surface area contributed by atoms with Crippen molar-refractivity contribution in [2.45, 2.75) is 83.8 Å². The lowest BCUT2D eigenvalue weighted by atomic mass is 10.0. The first kappa shape index (κ1) is 30.8. The highest BCUT2D eigenvalue weighted by Gasteiger charge is 2.39. The summed E-state index contributed by atoms with van der Waals surface area (Å²) in [4.78, 5) is 70.1. The fourth-order valence-electron chi connectivity index (χ4n) is 4.34. The molecule has 0 spiro atoms. The number of guanidine groups is 1. The van der Waals surface area contributed by atoms with E-state index in [2.05, 4.69) is 15.6 Å². The van der Waals surface area contributed by atoms with E-state index in [1.165, 1.54) is 18.7 Å². The second kappa shape index (κ2) is 15.7. The van der Waals surface area contributed by atoms with Crippen LogP contribution in [0.25, 0.3) is 0 Å².